The second-order valence-corrected chi connectivity index (χ2v) is 10.9. The minimum absolute atomic E-state index is 0.0637. The Kier molecular flexibility index (Phi) is 5.10. The average molecular weight is 464 g/mol. The molecule has 34 heavy (non-hydrogen) atoms. The molecule has 2 bridgehead atoms. The van der Waals surface area contributed by atoms with Gasteiger partial charge in [-0.2, -0.15) is 0 Å². The number of hydrogen-bond acceptors (Lipinski definition) is 4. The van der Waals surface area contributed by atoms with Crippen LogP contribution in [-0.4, -0.2) is 52.5 Å². The lowest BCUT2D eigenvalue weighted by Crippen LogP contribution is -2.57. The summed E-state index contributed by atoms with van der Waals surface area (Å²) in [5.41, 5.74) is 1.78. The van der Waals surface area contributed by atoms with Crippen LogP contribution in [0.25, 0.3) is 0 Å². The number of benzene rings is 1. The van der Waals surface area contributed by atoms with Crippen LogP contribution in [0.3, 0.4) is 0 Å². The third-order valence-electron chi connectivity index (χ3n) is 8.24. The van der Waals surface area contributed by atoms with Crippen LogP contribution in [-0.2, 0) is 19.1 Å². The third kappa shape index (κ3) is 3.39. The van der Waals surface area contributed by atoms with Gasteiger partial charge in [0, 0.05) is 17.8 Å². The van der Waals surface area contributed by atoms with Crippen molar-refractivity contribution in [2.45, 2.75) is 88.6 Å². The lowest BCUT2D eigenvalue weighted by atomic mass is 9.74. The number of anilines is 1. The Bertz CT molecular complexity index is 1050. The zero-order valence-corrected chi connectivity index (χ0v) is 19.9. The normalized spacial score (nSPS) is 34.4. The van der Waals surface area contributed by atoms with E-state index >= 15 is 0 Å². The molecule has 5 atom stereocenters. The van der Waals surface area contributed by atoms with Gasteiger partial charge in [-0.3, -0.25) is 14.4 Å². The van der Waals surface area contributed by atoms with Gasteiger partial charge in [-0.25, -0.2) is 0 Å². The van der Waals surface area contributed by atoms with E-state index in [1.54, 1.807) is 4.90 Å². The number of fused-ring (bicyclic) bond motifs is 1. The third-order valence-corrected chi connectivity index (χ3v) is 8.24. The molecule has 5 unspecified atom stereocenters. The van der Waals surface area contributed by atoms with Crippen molar-refractivity contribution in [3.63, 3.8) is 0 Å². The Hall–Kier alpha value is -2.67. The van der Waals surface area contributed by atoms with E-state index in [9.17, 15) is 14.4 Å². The summed E-state index contributed by atoms with van der Waals surface area (Å²) in [4.78, 5) is 42.7. The number of rotatable bonds is 5. The first-order valence-electron chi connectivity index (χ1n) is 12.8. The highest BCUT2D eigenvalue weighted by Crippen LogP contribution is 2.57. The van der Waals surface area contributed by atoms with Gasteiger partial charge in [-0.15, -0.1) is 0 Å². The van der Waals surface area contributed by atoms with Gasteiger partial charge in [0.1, 0.15) is 11.6 Å². The van der Waals surface area contributed by atoms with Gasteiger partial charge < -0.3 is 20.3 Å². The largest absolute Gasteiger partial charge is 0.359 e. The van der Waals surface area contributed by atoms with E-state index in [2.05, 4.69) is 16.7 Å². The first-order valence-corrected chi connectivity index (χ1v) is 12.8. The number of amides is 3. The molecular weight excluding hydrogens is 430 g/mol. The summed E-state index contributed by atoms with van der Waals surface area (Å²) in [6.45, 7) is 3.98. The van der Waals surface area contributed by atoms with Crippen LogP contribution in [0.15, 0.2) is 30.4 Å². The van der Waals surface area contributed by atoms with E-state index < -0.39 is 29.6 Å². The van der Waals surface area contributed by atoms with Crippen molar-refractivity contribution in [2.75, 3.05) is 5.32 Å². The van der Waals surface area contributed by atoms with Crippen LogP contribution in [0, 0.1) is 25.7 Å². The number of likely N-dealkylation sites (tertiary alicyclic amines) is 1. The summed E-state index contributed by atoms with van der Waals surface area (Å²) >= 11 is 0. The van der Waals surface area contributed by atoms with Crippen LogP contribution in [0.4, 0.5) is 5.69 Å². The maximum Gasteiger partial charge on any atom is 0.246 e. The number of aryl methyl sites for hydroxylation is 2. The van der Waals surface area contributed by atoms with Crippen LogP contribution in [0.1, 0.15) is 56.1 Å². The van der Waals surface area contributed by atoms with E-state index in [-0.39, 0.29) is 29.8 Å². The van der Waals surface area contributed by atoms with Crippen molar-refractivity contribution in [1.29, 1.82) is 0 Å². The predicted octanol–water partition coefficient (Wildman–Crippen LogP) is 3.00. The summed E-state index contributed by atoms with van der Waals surface area (Å²) in [6, 6.07) is 5.42. The molecule has 6 rings (SSSR count). The van der Waals surface area contributed by atoms with Crippen molar-refractivity contribution >= 4 is 23.4 Å². The monoisotopic (exact) mass is 463 g/mol. The molecule has 0 aromatic heterocycles. The fourth-order valence-corrected chi connectivity index (χ4v) is 6.75. The highest BCUT2D eigenvalue weighted by Gasteiger charge is 2.74. The van der Waals surface area contributed by atoms with Crippen LogP contribution in [0.2, 0.25) is 0 Å². The summed E-state index contributed by atoms with van der Waals surface area (Å²) < 4.78 is 6.41. The fraction of sp³-hybridized carbons (Fsp3) is 0.593. The Morgan fingerprint density at radius 3 is 2.38 bits per heavy atom. The maximum absolute atomic E-state index is 13.8. The van der Waals surface area contributed by atoms with Crippen LogP contribution >= 0.6 is 0 Å². The lowest BCUT2D eigenvalue weighted by Gasteiger charge is -2.34. The predicted molar refractivity (Wildman–Crippen MR) is 127 cm³/mol. The molecule has 2 saturated carbocycles. The molecule has 5 aliphatic rings. The molecule has 2 aliphatic carbocycles. The van der Waals surface area contributed by atoms with Gasteiger partial charge in [-0.05, 0) is 62.8 Å². The molecule has 2 N–H and O–H groups in total. The van der Waals surface area contributed by atoms with Crippen LogP contribution < -0.4 is 10.6 Å². The Labute approximate surface area is 200 Å². The van der Waals surface area contributed by atoms with E-state index in [1.807, 2.05) is 38.1 Å². The van der Waals surface area contributed by atoms with Crippen molar-refractivity contribution in [1.82, 2.24) is 10.2 Å². The highest BCUT2D eigenvalue weighted by atomic mass is 16.5. The summed E-state index contributed by atoms with van der Waals surface area (Å²) in [6.07, 6.45) is 10.5. The molecule has 2 saturated heterocycles. The van der Waals surface area contributed by atoms with Gasteiger partial charge in [0.05, 0.1) is 17.9 Å². The van der Waals surface area contributed by atoms with E-state index in [1.165, 1.54) is 6.42 Å². The van der Waals surface area contributed by atoms with Gasteiger partial charge >= 0.3 is 0 Å². The summed E-state index contributed by atoms with van der Waals surface area (Å²) in [7, 11) is 0. The molecule has 7 nitrogen and oxygen atoms in total. The summed E-state index contributed by atoms with van der Waals surface area (Å²) in [5.74, 6) is -1.78. The first kappa shape index (κ1) is 21.8. The minimum Gasteiger partial charge on any atom is -0.359 e. The second-order valence-electron chi connectivity index (χ2n) is 10.9. The number of carbonyl (C=O) groups is 3. The van der Waals surface area contributed by atoms with E-state index in [0.717, 1.165) is 55.3 Å². The lowest BCUT2D eigenvalue weighted by molar-refractivity contribution is -0.142. The minimum atomic E-state index is -1.06. The summed E-state index contributed by atoms with van der Waals surface area (Å²) in [5, 5.41) is 6.26. The molecule has 7 heteroatoms. The van der Waals surface area contributed by atoms with E-state index in [0.29, 0.717) is 0 Å². The quantitative estimate of drug-likeness (QED) is 0.657. The number of ether oxygens (including phenoxy) is 1. The Morgan fingerprint density at radius 2 is 1.71 bits per heavy atom. The van der Waals surface area contributed by atoms with Crippen molar-refractivity contribution in [3.8, 4) is 0 Å². The SMILES string of the molecule is Cc1cc(C)cc(NC(=O)C2C3C=CC4(O3)C2C(=O)N(C2CC2)C4C(=O)NC2CCCCC2)c1. The molecule has 4 fully saturated rings. The molecular formula is C27H33N3O4. The van der Waals surface area contributed by atoms with Crippen molar-refractivity contribution in [2.24, 2.45) is 11.8 Å². The van der Waals surface area contributed by atoms with Crippen molar-refractivity contribution < 1.29 is 19.1 Å². The Balaban J connectivity index is 1.29. The van der Waals surface area contributed by atoms with Gasteiger partial charge in [0.25, 0.3) is 0 Å². The molecule has 180 valence electrons. The van der Waals surface area contributed by atoms with Gasteiger partial charge in [0.15, 0.2) is 0 Å². The average Bonchev–Trinajstić information content (AvgIpc) is 3.38. The molecule has 3 heterocycles. The zero-order chi connectivity index (χ0) is 23.6. The number of carbonyl (C=O) groups excluding carboxylic acids is 3. The number of nitrogens with one attached hydrogen (secondary N) is 2. The Morgan fingerprint density at radius 1 is 1.00 bits per heavy atom. The second kappa shape index (κ2) is 7.94. The van der Waals surface area contributed by atoms with E-state index in [4.69, 9.17) is 4.74 Å². The van der Waals surface area contributed by atoms with Crippen LogP contribution in [0.5, 0.6) is 0 Å². The van der Waals surface area contributed by atoms with Gasteiger partial charge in [0.2, 0.25) is 17.7 Å². The number of hydrogen-bond donors (Lipinski definition) is 2. The topological polar surface area (TPSA) is 87.7 Å². The standard InChI is InChI=1S/C27H33N3O4/c1-15-12-16(2)14-18(13-15)29-24(31)21-20-10-11-27(34-20)22(21)26(33)30(19-8-9-19)23(27)25(32)28-17-6-4-3-5-7-17/h10-14,17,19-23H,3-9H2,1-2H3,(H,28,32)(H,29,31). The highest BCUT2D eigenvalue weighted by molar-refractivity contribution is 6.03. The first-order chi connectivity index (χ1) is 16.4. The molecule has 3 amide bonds. The fourth-order valence-electron chi connectivity index (χ4n) is 6.75. The molecule has 0 radical (unpaired) electrons. The van der Waals surface area contributed by atoms with Gasteiger partial charge in [-0.1, -0.05) is 37.5 Å². The molecule has 1 aromatic rings. The maximum atomic E-state index is 13.8. The number of nitrogens with zero attached hydrogens (tertiary/aromatic N) is 1. The smallest absolute Gasteiger partial charge is 0.246 e. The molecule has 1 aromatic carbocycles. The molecule has 3 aliphatic heterocycles. The molecule has 1 spiro atoms. The zero-order valence-electron chi connectivity index (χ0n) is 19.9. The van der Waals surface area contributed by atoms with Crippen molar-refractivity contribution in [3.05, 3.63) is 41.5 Å².